The van der Waals surface area contributed by atoms with Gasteiger partial charge in [0.15, 0.2) is 0 Å². The average molecular weight is 279 g/mol. The Hall–Kier alpha value is -1.61. The Morgan fingerprint density at radius 2 is 2.06 bits per heavy atom. The molecule has 0 aromatic carbocycles. The van der Waals surface area contributed by atoms with E-state index in [1.807, 2.05) is 0 Å². The van der Waals surface area contributed by atoms with E-state index in [2.05, 4.69) is 21.9 Å². The van der Waals surface area contributed by atoms with E-state index in [4.69, 9.17) is 5.11 Å². The number of carboxylic acids is 1. The van der Waals surface area contributed by atoms with Crippen LogP contribution in [0.2, 0.25) is 0 Å². The molecule has 0 aliphatic heterocycles. The van der Waals surface area contributed by atoms with E-state index in [1.54, 1.807) is 0 Å². The maximum atomic E-state index is 11.3. The molecule has 0 saturated carbocycles. The van der Waals surface area contributed by atoms with E-state index in [9.17, 15) is 18.0 Å². The molecule has 1 atom stereocenters. The standard InChI is InChI=1S/C9H17N3O5S/c1-3-4-7(8(13)14)12-9(15)11-5-6-18(16,17)10-2/h3,7,10H,1,4-6H2,2H3,(H,13,14)(H2,11,12,15). The number of amides is 2. The Kier molecular flexibility index (Phi) is 6.98. The molecular formula is C9H17N3O5S. The van der Waals surface area contributed by atoms with Crippen LogP contribution in [0.5, 0.6) is 0 Å². The second-order valence-corrected chi connectivity index (χ2v) is 5.38. The number of carbonyl (C=O) groups is 2. The number of urea groups is 1. The van der Waals surface area contributed by atoms with Gasteiger partial charge in [0.2, 0.25) is 10.0 Å². The lowest BCUT2D eigenvalue weighted by Crippen LogP contribution is -2.47. The molecule has 0 aromatic heterocycles. The first-order valence-electron chi connectivity index (χ1n) is 5.11. The molecule has 0 bridgehead atoms. The number of aliphatic carboxylic acids is 1. The van der Waals surface area contributed by atoms with Crippen LogP contribution in [0.3, 0.4) is 0 Å². The molecule has 9 heteroatoms. The summed E-state index contributed by atoms with van der Waals surface area (Å²) in [5, 5.41) is 13.2. The van der Waals surface area contributed by atoms with Crippen LogP contribution in [-0.4, -0.2) is 50.9 Å². The van der Waals surface area contributed by atoms with Crippen LogP contribution in [0.15, 0.2) is 12.7 Å². The van der Waals surface area contributed by atoms with Crippen molar-refractivity contribution in [1.29, 1.82) is 0 Å². The van der Waals surface area contributed by atoms with Crippen molar-refractivity contribution in [2.45, 2.75) is 12.5 Å². The van der Waals surface area contributed by atoms with Gasteiger partial charge in [-0.15, -0.1) is 6.58 Å². The number of nitrogens with one attached hydrogen (secondary N) is 3. The van der Waals surface area contributed by atoms with Gasteiger partial charge in [-0.3, -0.25) is 0 Å². The number of hydrogen-bond donors (Lipinski definition) is 4. The predicted molar refractivity (Wildman–Crippen MR) is 65.6 cm³/mol. The number of sulfonamides is 1. The van der Waals surface area contributed by atoms with Crippen molar-refractivity contribution in [3.63, 3.8) is 0 Å². The zero-order valence-electron chi connectivity index (χ0n) is 9.97. The lowest BCUT2D eigenvalue weighted by molar-refractivity contribution is -0.139. The van der Waals surface area contributed by atoms with Crippen LogP contribution >= 0.6 is 0 Å². The number of rotatable bonds is 8. The normalized spacial score (nSPS) is 12.5. The summed E-state index contributed by atoms with van der Waals surface area (Å²) < 4.78 is 24.1. The average Bonchev–Trinajstić information content (AvgIpc) is 2.28. The lowest BCUT2D eigenvalue weighted by Gasteiger charge is -2.13. The molecule has 4 N–H and O–H groups in total. The molecule has 0 aliphatic carbocycles. The van der Waals surface area contributed by atoms with Gasteiger partial charge >= 0.3 is 12.0 Å². The van der Waals surface area contributed by atoms with Crippen LogP contribution in [0, 0.1) is 0 Å². The van der Waals surface area contributed by atoms with Gasteiger partial charge in [-0.1, -0.05) is 6.08 Å². The van der Waals surface area contributed by atoms with E-state index < -0.39 is 28.1 Å². The zero-order chi connectivity index (χ0) is 14.2. The van der Waals surface area contributed by atoms with Gasteiger partial charge < -0.3 is 15.7 Å². The lowest BCUT2D eigenvalue weighted by atomic mass is 10.2. The number of carbonyl (C=O) groups excluding carboxylic acids is 1. The largest absolute Gasteiger partial charge is 0.480 e. The van der Waals surface area contributed by atoms with Gasteiger partial charge in [-0.25, -0.2) is 22.7 Å². The Labute approximate surface area is 105 Å². The number of carboxylic acid groups (broad SMARTS) is 1. The Morgan fingerprint density at radius 1 is 1.44 bits per heavy atom. The van der Waals surface area contributed by atoms with Crippen LogP contribution in [-0.2, 0) is 14.8 Å². The molecule has 0 fully saturated rings. The van der Waals surface area contributed by atoms with Crippen molar-refractivity contribution in [2.24, 2.45) is 0 Å². The van der Waals surface area contributed by atoms with Crippen molar-refractivity contribution in [3.05, 3.63) is 12.7 Å². The van der Waals surface area contributed by atoms with Crippen molar-refractivity contribution in [3.8, 4) is 0 Å². The van der Waals surface area contributed by atoms with E-state index in [-0.39, 0.29) is 18.7 Å². The summed E-state index contributed by atoms with van der Waals surface area (Å²) in [5.74, 6) is -1.47. The maximum Gasteiger partial charge on any atom is 0.326 e. The van der Waals surface area contributed by atoms with Crippen molar-refractivity contribution < 1.29 is 23.1 Å². The third kappa shape index (κ3) is 6.86. The molecule has 104 valence electrons. The summed E-state index contributed by atoms with van der Waals surface area (Å²) in [6.45, 7) is 3.26. The first-order chi connectivity index (χ1) is 8.32. The number of hydrogen-bond acceptors (Lipinski definition) is 4. The minimum Gasteiger partial charge on any atom is -0.480 e. The fourth-order valence-electron chi connectivity index (χ4n) is 0.998. The smallest absolute Gasteiger partial charge is 0.326 e. The summed E-state index contributed by atoms with van der Waals surface area (Å²) in [6.07, 6.45) is 1.45. The van der Waals surface area contributed by atoms with Gasteiger partial charge in [0, 0.05) is 6.54 Å². The summed E-state index contributed by atoms with van der Waals surface area (Å²) in [6, 6.07) is -1.82. The maximum absolute atomic E-state index is 11.3. The molecule has 0 rings (SSSR count). The highest BCUT2D eigenvalue weighted by Crippen LogP contribution is 1.92. The Bertz CT molecular complexity index is 406. The second kappa shape index (κ2) is 7.67. The monoisotopic (exact) mass is 279 g/mol. The van der Waals surface area contributed by atoms with Crippen molar-refractivity contribution >= 4 is 22.0 Å². The van der Waals surface area contributed by atoms with Gasteiger partial charge in [-0.05, 0) is 13.5 Å². The topological polar surface area (TPSA) is 125 Å². The van der Waals surface area contributed by atoms with Crippen molar-refractivity contribution in [1.82, 2.24) is 15.4 Å². The molecule has 0 spiro atoms. The van der Waals surface area contributed by atoms with Crippen LogP contribution < -0.4 is 15.4 Å². The highest BCUT2D eigenvalue weighted by molar-refractivity contribution is 7.89. The Balaban J connectivity index is 4.10. The molecule has 0 radical (unpaired) electrons. The first kappa shape index (κ1) is 16.4. The molecule has 0 heterocycles. The summed E-state index contributed by atoms with van der Waals surface area (Å²) >= 11 is 0. The summed E-state index contributed by atoms with van der Waals surface area (Å²) in [7, 11) is -2.13. The molecule has 2 amide bonds. The first-order valence-corrected chi connectivity index (χ1v) is 6.77. The second-order valence-electron chi connectivity index (χ2n) is 3.34. The van der Waals surface area contributed by atoms with E-state index in [1.165, 1.54) is 13.1 Å². The summed E-state index contributed by atoms with van der Waals surface area (Å²) in [5.41, 5.74) is 0. The predicted octanol–water partition coefficient (Wildman–Crippen LogP) is -1.14. The Morgan fingerprint density at radius 3 is 2.50 bits per heavy atom. The third-order valence-electron chi connectivity index (χ3n) is 1.97. The molecule has 0 saturated heterocycles. The third-order valence-corrected chi connectivity index (χ3v) is 3.34. The van der Waals surface area contributed by atoms with Gasteiger partial charge in [0.1, 0.15) is 6.04 Å². The van der Waals surface area contributed by atoms with E-state index in [0.717, 1.165) is 0 Å². The van der Waals surface area contributed by atoms with Crippen LogP contribution in [0.25, 0.3) is 0 Å². The molecular weight excluding hydrogens is 262 g/mol. The molecule has 0 aliphatic rings. The quantitative estimate of drug-likeness (QED) is 0.418. The fourth-order valence-corrected chi connectivity index (χ4v) is 1.57. The van der Waals surface area contributed by atoms with E-state index in [0.29, 0.717) is 0 Å². The minimum atomic E-state index is -3.40. The summed E-state index contributed by atoms with van der Waals surface area (Å²) in [4.78, 5) is 22.0. The van der Waals surface area contributed by atoms with E-state index >= 15 is 0 Å². The van der Waals surface area contributed by atoms with Gasteiger partial charge in [0.25, 0.3) is 0 Å². The van der Waals surface area contributed by atoms with Crippen LogP contribution in [0.4, 0.5) is 4.79 Å². The SMILES string of the molecule is C=CCC(NC(=O)NCCS(=O)(=O)NC)C(=O)O. The fraction of sp³-hybridized carbons (Fsp3) is 0.556. The molecule has 0 aromatic rings. The molecule has 18 heavy (non-hydrogen) atoms. The highest BCUT2D eigenvalue weighted by atomic mass is 32.2. The molecule has 1 unspecified atom stereocenters. The van der Waals surface area contributed by atoms with Crippen LogP contribution in [0.1, 0.15) is 6.42 Å². The van der Waals surface area contributed by atoms with Gasteiger partial charge in [-0.2, -0.15) is 0 Å². The molecule has 8 nitrogen and oxygen atoms in total. The van der Waals surface area contributed by atoms with Crippen molar-refractivity contribution in [2.75, 3.05) is 19.3 Å². The van der Waals surface area contributed by atoms with Gasteiger partial charge in [0.05, 0.1) is 5.75 Å². The highest BCUT2D eigenvalue weighted by Gasteiger charge is 2.18. The minimum absolute atomic E-state index is 0.0809. The zero-order valence-corrected chi connectivity index (χ0v) is 10.8.